The molecule has 0 saturated carbocycles. The fourth-order valence-corrected chi connectivity index (χ4v) is 2.24. The molecule has 0 fully saturated rings. The summed E-state index contributed by atoms with van der Waals surface area (Å²) in [4.78, 5) is 16.0. The van der Waals surface area contributed by atoms with Gasteiger partial charge in [-0.2, -0.15) is 0 Å². The van der Waals surface area contributed by atoms with Crippen molar-refractivity contribution in [2.45, 2.75) is 19.4 Å². The van der Waals surface area contributed by atoms with Crippen molar-refractivity contribution in [3.05, 3.63) is 58.9 Å². The van der Waals surface area contributed by atoms with Crippen molar-refractivity contribution in [2.24, 2.45) is 5.73 Å². The van der Waals surface area contributed by atoms with E-state index in [-0.39, 0.29) is 5.91 Å². The molecular formula is C15H16ClN3O. The minimum Gasteiger partial charge on any atom is -0.322 e. The van der Waals surface area contributed by atoms with Gasteiger partial charge in [0.15, 0.2) is 0 Å². The summed E-state index contributed by atoms with van der Waals surface area (Å²) in [6, 6.07) is 8.56. The predicted molar refractivity (Wildman–Crippen MR) is 80.9 cm³/mol. The average Bonchev–Trinajstić information content (AvgIpc) is 2.38. The number of carbonyl (C=O) groups is 1. The van der Waals surface area contributed by atoms with Crippen LogP contribution in [0.3, 0.4) is 0 Å². The van der Waals surface area contributed by atoms with E-state index >= 15 is 0 Å². The van der Waals surface area contributed by atoms with Crippen molar-refractivity contribution < 1.29 is 4.79 Å². The highest BCUT2D eigenvalue weighted by molar-refractivity contribution is 6.32. The highest BCUT2D eigenvalue weighted by atomic mass is 35.5. The Kier molecular flexibility index (Phi) is 4.06. The van der Waals surface area contributed by atoms with Crippen LogP contribution in [-0.2, 0) is 5.54 Å². The maximum Gasteiger partial charge on any atom is 0.255 e. The Labute approximate surface area is 123 Å². The second kappa shape index (κ2) is 5.61. The summed E-state index contributed by atoms with van der Waals surface area (Å²) in [5.74, 6) is -0.223. The highest BCUT2D eigenvalue weighted by Crippen LogP contribution is 2.26. The van der Waals surface area contributed by atoms with Crippen LogP contribution in [0.15, 0.2) is 42.7 Å². The van der Waals surface area contributed by atoms with E-state index in [4.69, 9.17) is 17.3 Å². The van der Waals surface area contributed by atoms with E-state index in [1.54, 1.807) is 42.7 Å². The lowest BCUT2D eigenvalue weighted by molar-refractivity contribution is 0.102. The maximum atomic E-state index is 12.1. The van der Waals surface area contributed by atoms with E-state index in [2.05, 4.69) is 10.3 Å². The Morgan fingerprint density at radius 1 is 1.25 bits per heavy atom. The highest BCUT2D eigenvalue weighted by Gasteiger charge is 2.19. The molecule has 2 rings (SSSR count). The average molecular weight is 290 g/mol. The smallest absolute Gasteiger partial charge is 0.255 e. The number of nitrogens with two attached hydrogens (primary N) is 1. The number of benzene rings is 1. The summed E-state index contributed by atoms with van der Waals surface area (Å²) in [5, 5.41) is 3.26. The number of nitrogens with one attached hydrogen (secondary N) is 1. The number of aromatic nitrogens is 1. The molecule has 0 saturated heterocycles. The van der Waals surface area contributed by atoms with Gasteiger partial charge in [-0.05, 0) is 43.7 Å². The fraction of sp³-hybridized carbons (Fsp3) is 0.200. The Hall–Kier alpha value is -1.91. The van der Waals surface area contributed by atoms with Gasteiger partial charge in [0.2, 0.25) is 0 Å². The quantitative estimate of drug-likeness (QED) is 0.912. The van der Waals surface area contributed by atoms with Crippen LogP contribution in [0.2, 0.25) is 5.02 Å². The summed E-state index contributed by atoms with van der Waals surface area (Å²) in [6.07, 6.45) is 3.23. The zero-order valence-corrected chi connectivity index (χ0v) is 12.1. The first-order chi connectivity index (χ1) is 9.38. The fourth-order valence-electron chi connectivity index (χ4n) is 1.82. The summed E-state index contributed by atoms with van der Waals surface area (Å²) >= 11 is 6.19. The molecule has 20 heavy (non-hydrogen) atoms. The number of halogens is 1. The minimum absolute atomic E-state index is 0.223. The monoisotopic (exact) mass is 289 g/mol. The summed E-state index contributed by atoms with van der Waals surface area (Å²) in [7, 11) is 0. The normalized spacial score (nSPS) is 11.2. The molecule has 0 radical (unpaired) electrons. The van der Waals surface area contributed by atoms with Gasteiger partial charge < -0.3 is 11.1 Å². The van der Waals surface area contributed by atoms with E-state index in [1.807, 2.05) is 13.8 Å². The number of carbonyl (C=O) groups excluding carboxylic acids is 1. The molecule has 0 spiro atoms. The largest absolute Gasteiger partial charge is 0.322 e. The summed E-state index contributed by atoms with van der Waals surface area (Å²) in [5.41, 5.74) is 7.45. The molecule has 1 aromatic carbocycles. The third-order valence-electron chi connectivity index (χ3n) is 2.86. The van der Waals surface area contributed by atoms with E-state index in [0.717, 1.165) is 5.56 Å². The molecule has 2 aromatic rings. The van der Waals surface area contributed by atoms with Crippen LogP contribution >= 0.6 is 11.6 Å². The SMILES string of the molecule is CC(C)(N)c1ccc(C(=O)Nc2ccncc2)cc1Cl. The van der Waals surface area contributed by atoms with Crippen molar-refractivity contribution in [1.29, 1.82) is 0 Å². The second-order valence-corrected chi connectivity index (χ2v) is 5.51. The second-order valence-electron chi connectivity index (χ2n) is 5.11. The third kappa shape index (κ3) is 3.35. The predicted octanol–water partition coefficient (Wildman–Crippen LogP) is 3.18. The van der Waals surface area contributed by atoms with Crippen LogP contribution in [0, 0.1) is 0 Å². The molecule has 0 unspecified atom stereocenters. The third-order valence-corrected chi connectivity index (χ3v) is 3.18. The number of pyridine rings is 1. The molecular weight excluding hydrogens is 274 g/mol. The lowest BCUT2D eigenvalue weighted by atomic mass is 9.94. The van der Waals surface area contributed by atoms with Crippen LogP contribution in [0.5, 0.6) is 0 Å². The topological polar surface area (TPSA) is 68.0 Å². The van der Waals surface area contributed by atoms with Crippen molar-refractivity contribution in [3.63, 3.8) is 0 Å². The van der Waals surface area contributed by atoms with Crippen LogP contribution in [0.25, 0.3) is 0 Å². The molecule has 1 aromatic heterocycles. The standard InChI is InChI=1S/C15H16ClN3O/c1-15(2,17)12-4-3-10(9-13(12)16)14(20)19-11-5-7-18-8-6-11/h3-9H,17H2,1-2H3,(H,18,19,20). The molecule has 0 bridgehead atoms. The van der Waals surface area contributed by atoms with Gasteiger partial charge in [-0.3, -0.25) is 9.78 Å². The van der Waals surface area contributed by atoms with E-state index in [0.29, 0.717) is 16.3 Å². The minimum atomic E-state index is -0.544. The maximum absolute atomic E-state index is 12.1. The zero-order valence-electron chi connectivity index (χ0n) is 11.4. The van der Waals surface area contributed by atoms with Gasteiger partial charge in [0.25, 0.3) is 5.91 Å². The molecule has 4 nitrogen and oxygen atoms in total. The lowest BCUT2D eigenvalue weighted by Crippen LogP contribution is -2.29. The molecule has 1 amide bonds. The van der Waals surface area contributed by atoms with Gasteiger partial charge >= 0.3 is 0 Å². The van der Waals surface area contributed by atoms with Gasteiger partial charge in [-0.25, -0.2) is 0 Å². The van der Waals surface area contributed by atoms with E-state index in [9.17, 15) is 4.79 Å². The molecule has 1 heterocycles. The van der Waals surface area contributed by atoms with E-state index < -0.39 is 5.54 Å². The Morgan fingerprint density at radius 2 is 1.90 bits per heavy atom. The first-order valence-corrected chi connectivity index (χ1v) is 6.56. The summed E-state index contributed by atoms with van der Waals surface area (Å²) in [6.45, 7) is 3.73. The molecule has 3 N–H and O–H groups in total. The number of rotatable bonds is 3. The first kappa shape index (κ1) is 14.5. The van der Waals surface area contributed by atoms with Gasteiger partial charge in [0.05, 0.1) is 0 Å². The Bertz CT molecular complexity index is 621. The number of amides is 1. The molecule has 0 aliphatic heterocycles. The van der Waals surface area contributed by atoms with Gasteiger partial charge in [-0.1, -0.05) is 17.7 Å². The zero-order chi connectivity index (χ0) is 14.8. The van der Waals surface area contributed by atoms with Crippen LogP contribution < -0.4 is 11.1 Å². The molecule has 0 aliphatic carbocycles. The van der Waals surface area contributed by atoms with Crippen LogP contribution in [0.4, 0.5) is 5.69 Å². The Morgan fingerprint density at radius 3 is 2.45 bits per heavy atom. The lowest BCUT2D eigenvalue weighted by Gasteiger charge is -2.21. The van der Waals surface area contributed by atoms with Crippen molar-refractivity contribution in [2.75, 3.05) is 5.32 Å². The van der Waals surface area contributed by atoms with Crippen molar-refractivity contribution in [1.82, 2.24) is 4.98 Å². The molecule has 0 aliphatic rings. The summed E-state index contributed by atoms with van der Waals surface area (Å²) < 4.78 is 0. The van der Waals surface area contributed by atoms with E-state index in [1.165, 1.54) is 0 Å². The van der Waals surface area contributed by atoms with Gasteiger partial charge in [0, 0.05) is 34.2 Å². The van der Waals surface area contributed by atoms with Crippen LogP contribution in [0.1, 0.15) is 29.8 Å². The van der Waals surface area contributed by atoms with Gasteiger partial charge in [0.1, 0.15) is 0 Å². The Balaban J connectivity index is 2.22. The van der Waals surface area contributed by atoms with Crippen LogP contribution in [-0.4, -0.2) is 10.9 Å². The number of hydrogen-bond acceptors (Lipinski definition) is 3. The van der Waals surface area contributed by atoms with Crippen molar-refractivity contribution in [3.8, 4) is 0 Å². The number of hydrogen-bond donors (Lipinski definition) is 2. The van der Waals surface area contributed by atoms with Crippen molar-refractivity contribution >= 4 is 23.2 Å². The molecule has 5 heteroatoms. The number of nitrogens with zero attached hydrogens (tertiary/aromatic N) is 1. The number of anilines is 1. The molecule has 104 valence electrons. The van der Waals surface area contributed by atoms with Gasteiger partial charge in [-0.15, -0.1) is 0 Å². The molecule has 0 atom stereocenters. The first-order valence-electron chi connectivity index (χ1n) is 6.18.